The van der Waals surface area contributed by atoms with E-state index in [9.17, 15) is 18.8 Å². The van der Waals surface area contributed by atoms with Crippen LogP contribution < -0.4 is 10.6 Å². The number of nitrogens with one attached hydrogen (secondary N) is 2. The number of Topliss-reactive ketones (excluding diaryl/α,β-unsaturated/α-hetero) is 1. The lowest BCUT2D eigenvalue weighted by atomic mass is 10.1. The van der Waals surface area contributed by atoms with Crippen molar-refractivity contribution in [3.05, 3.63) is 65.5 Å². The fourth-order valence-electron chi connectivity index (χ4n) is 3.70. The highest BCUT2D eigenvalue weighted by Gasteiger charge is 2.36. The van der Waals surface area contributed by atoms with Crippen LogP contribution in [-0.4, -0.2) is 27.4 Å². The first kappa shape index (κ1) is 20.5. The zero-order chi connectivity index (χ0) is 22.1. The summed E-state index contributed by atoms with van der Waals surface area (Å²) < 4.78 is 14.8. The van der Waals surface area contributed by atoms with Crippen LogP contribution in [-0.2, 0) is 16.0 Å². The summed E-state index contributed by atoms with van der Waals surface area (Å²) >= 11 is 0. The van der Waals surface area contributed by atoms with Crippen molar-refractivity contribution < 1.29 is 18.8 Å². The van der Waals surface area contributed by atoms with Crippen LogP contribution in [0.2, 0.25) is 0 Å². The van der Waals surface area contributed by atoms with Crippen molar-refractivity contribution in [3.8, 4) is 11.3 Å². The van der Waals surface area contributed by atoms with Gasteiger partial charge in [-0.05, 0) is 49.7 Å². The number of anilines is 2. The van der Waals surface area contributed by atoms with Crippen LogP contribution >= 0.6 is 0 Å². The van der Waals surface area contributed by atoms with Crippen molar-refractivity contribution in [2.24, 2.45) is 0 Å². The first-order chi connectivity index (χ1) is 14.9. The Balaban J connectivity index is 1.58. The molecule has 2 amide bonds. The van der Waals surface area contributed by atoms with Crippen LogP contribution in [0.4, 0.5) is 15.9 Å². The predicted molar refractivity (Wildman–Crippen MR) is 114 cm³/mol. The van der Waals surface area contributed by atoms with Gasteiger partial charge in [0, 0.05) is 22.4 Å². The number of nitrogens with zero attached hydrogens (tertiary/aromatic N) is 2. The van der Waals surface area contributed by atoms with Crippen molar-refractivity contribution >= 4 is 29.1 Å². The molecule has 7 nitrogen and oxygen atoms in total. The standard InChI is InChI=1S/C23H21FN4O3/c1-3-18-21(14-7-9-16(24)10-8-14)27-28-19(23(31)26-22(18)28)12-20(30)25-17-6-4-5-15(11-17)13(2)29/h4-11,19H,3,12H2,1-2H3,(H,25,30)(H,26,31)/t19-/m1/s1. The summed E-state index contributed by atoms with van der Waals surface area (Å²) in [5.41, 5.74) is 3.19. The van der Waals surface area contributed by atoms with E-state index in [0.29, 0.717) is 29.2 Å². The van der Waals surface area contributed by atoms with Gasteiger partial charge in [-0.25, -0.2) is 9.07 Å². The Morgan fingerprint density at radius 1 is 1.19 bits per heavy atom. The van der Waals surface area contributed by atoms with Gasteiger partial charge in [-0.3, -0.25) is 14.4 Å². The van der Waals surface area contributed by atoms with Crippen LogP contribution in [0.25, 0.3) is 11.3 Å². The largest absolute Gasteiger partial charge is 0.326 e. The maximum Gasteiger partial charge on any atom is 0.251 e. The monoisotopic (exact) mass is 420 g/mol. The highest BCUT2D eigenvalue weighted by atomic mass is 19.1. The van der Waals surface area contributed by atoms with E-state index >= 15 is 0 Å². The maximum atomic E-state index is 13.3. The molecule has 2 aromatic carbocycles. The predicted octanol–water partition coefficient (Wildman–Crippen LogP) is 3.98. The zero-order valence-electron chi connectivity index (χ0n) is 17.1. The number of aromatic nitrogens is 2. The third-order valence-corrected chi connectivity index (χ3v) is 5.25. The van der Waals surface area contributed by atoms with E-state index < -0.39 is 6.04 Å². The van der Waals surface area contributed by atoms with Crippen LogP contribution in [0, 0.1) is 5.82 Å². The van der Waals surface area contributed by atoms with Crippen molar-refractivity contribution in [1.82, 2.24) is 9.78 Å². The Hall–Kier alpha value is -3.81. The summed E-state index contributed by atoms with van der Waals surface area (Å²) in [5.74, 6) is -0.567. The number of halogens is 1. The van der Waals surface area contributed by atoms with Gasteiger partial charge in [0.15, 0.2) is 5.78 Å². The van der Waals surface area contributed by atoms with Gasteiger partial charge in [-0.15, -0.1) is 0 Å². The lowest BCUT2D eigenvalue weighted by Gasteiger charge is -2.11. The highest BCUT2D eigenvalue weighted by Crippen LogP contribution is 2.36. The topological polar surface area (TPSA) is 93.1 Å². The second-order valence-corrected chi connectivity index (χ2v) is 7.38. The molecule has 31 heavy (non-hydrogen) atoms. The number of rotatable bonds is 6. The second kappa shape index (κ2) is 8.14. The molecule has 2 N–H and O–H groups in total. The Kier molecular flexibility index (Phi) is 5.37. The fraction of sp³-hybridized carbons (Fsp3) is 0.217. The van der Waals surface area contributed by atoms with Crippen LogP contribution in [0.5, 0.6) is 0 Å². The molecule has 1 aliphatic heterocycles. The van der Waals surface area contributed by atoms with Crippen molar-refractivity contribution in [2.75, 3.05) is 10.6 Å². The number of carbonyl (C=O) groups excluding carboxylic acids is 3. The van der Waals surface area contributed by atoms with Gasteiger partial charge in [0.25, 0.3) is 5.91 Å². The number of hydrogen-bond donors (Lipinski definition) is 2. The minimum atomic E-state index is -0.800. The summed E-state index contributed by atoms with van der Waals surface area (Å²) in [5, 5.41) is 10.1. The Morgan fingerprint density at radius 2 is 1.94 bits per heavy atom. The molecule has 0 fully saturated rings. The average Bonchev–Trinajstić information content (AvgIpc) is 3.24. The lowest BCUT2D eigenvalue weighted by molar-refractivity contribution is -0.123. The SMILES string of the molecule is CCc1c(-c2ccc(F)cc2)nn2c1NC(=O)[C@H]2CC(=O)Nc1cccc(C(C)=O)c1. The summed E-state index contributed by atoms with van der Waals surface area (Å²) in [6.45, 7) is 3.39. The molecule has 8 heteroatoms. The van der Waals surface area contributed by atoms with Gasteiger partial charge < -0.3 is 10.6 Å². The summed E-state index contributed by atoms with van der Waals surface area (Å²) in [7, 11) is 0. The van der Waals surface area contributed by atoms with Gasteiger partial charge in [0.1, 0.15) is 17.7 Å². The molecule has 0 bridgehead atoms. The molecule has 1 aromatic heterocycles. The summed E-state index contributed by atoms with van der Waals surface area (Å²) in [6, 6.07) is 11.8. The van der Waals surface area contributed by atoms with Gasteiger partial charge in [-0.2, -0.15) is 5.10 Å². The van der Waals surface area contributed by atoms with Crippen LogP contribution in [0.1, 0.15) is 42.2 Å². The zero-order valence-corrected chi connectivity index (χ0v) is 17.1. The number of carbonyl (C=O) groups is 3. The van der Waals surface area contributed by atoms with E-state index in [0.717, 1.165) is 11.1 Å². The van der Waals surface area contributed by atoms with E-state index in [1.54, 1.807) is 36.4 Å². The molecule has 0 saturated heterocycles. The highest BCUT2D eigenvalue weighted by molar-refractivity contribution is 6.03. The van der Waals surface area contributed by atoms with Crippen molar-refractivity contribution in [1.29, 1.82) is 0 Å². The van der Waals surface area contributed by atoms with E-state index in [4.69, 9.17) is 0 Å². The van der Waals surface area contributed by atoms with E-state index in [1.807, 2.05) is 6.92 Å². The third kappa shape index (κ3) is 3.96. The maximum absolute atomic E-state index is 13.3. The van der Waals surface area contributed by atoms with Gasteiger partial charge in [0.05, 0.1) is 12.1 Å². The summed E-state index contributed by atoms with van der Waals surface area (Å²) in [6.07, 6.45) is 0.496. The smallest absolute Gasteiger partial charge is 0.251 e. The van der Waals surface area contributed by atoms with Crippen LogP contribution in [0.15, 0.2) is 48.5 Å². The first-order valence-corrected chi connectivity index (χ1v) is 9.96. The van der Waals surface area contributed by atoms with Gasteiger partial charge >= 0.3 is 0 Å². The molecule has 0 radical (unpaired) electrons. The van der Waals surface area contributed by atoms with Gasteiger partial charge in [0.2, 0.25) is 5.91 Å². The Labute approximate surface area is 178 Å². The number of hydrogen-bond acceptors (Lipinski definition) is 4. The molecule has 0 saturated carbocycles. The first-order valence-electron chi connectivity index (χ1n) is 9.96. The number of benzene rings is 2. The Morgan fingerprint density at radius 3 is 2.61 bits per heavy atom. The normalized spacial score (nSPS) is 14.8. The minimum absolute atomic E-state index is 0.104. The molecular formula is C23H21FN4O3. The quantitative estimate of drug-likeness (QED) is 0.590. The molecule has 0 aliphatic carbocycles. The number of fused-ring (bicyclic) bond motifs is 1. The fourth-order valence-corrected chi connectivity index (χ4v) is 3.70. The molecular weight excluding hydrogens is 399 g/mol. The molecule has 2 heterocycles. The summed E-state index contributed by atoms with van der Waals surface area (Å²) in [4.78, 5) is 36.7. The lowest BCUT2D eigenvalue weighted by Crippen LogP contribution is -2.23. The second-order valence-electron chi connectivity index (χ2n) is 7.38. The molecule has 158 valence electrons. The number of amides is 2. The Bertz CT molecular complexity index is 1180. The molecule has 1 aliphatic rings. The molecule has 0 spiro atoms. The van der Waals surface area contributed by atoms with E-state index in [1.165, 1.54) is 23.7 Å². The molecule has 4 rings (SSSR count). The van der Waals surface area contributed by atoms with Crippen LogP contribution in [0.3, 0.4) is 0 Å². The molecule has 0 unspecified atom stereocenters. The van der Waals surface area contributed by atoms with E-state index in [2.05, 4.69) is 15.7 Å². The van der Waals surface area contributed by atoms with Gasteiger partial charge in [-0.1, -0.05) is 19.1 Å². The third-order valence-electron chi connectivity index (χ3n) is 5.25. The van der Waals surface area contributed by atoms with Crippen molar-refractivity contribution in [2.45, 2.75) is 32.7 Å². The molecule has 3 aromatic rings. The molecule has 1 atom stereocenters. The minimum Gasteiger partial charge on any atom is -0.326 e. The van der Waals surface area contributed by atoms with E-state index in [-0.39, 0.29) is 29.8 Å². The number of ketones is 1. The average molecular weight is 420 g/mol. The van der Waals surface area contributed by atoms with Crippen molar-refractivity contribution in [3.63, 3.8) is 0 Å².